The van der Waals surface area contributed by atoms with Crippen molar-refractivity contribution in [2.75, 3.05) is 14.2 Å². The van der Waals surface area contributed by atoms with Gasteiger partial charge in [0.25, 0.3) is 5.91 Å². The number of carbonyl (C=O) groups excluding carboxylic acids is 1. The van der Waals surface area contributed by atoms with Crippen LogP contribution in [0.4, 0.5) is 0 Å². The zero-order valence-corrected chi connectivity index (χ0v) is 10.1. The molecule has 2 rings (SSSR count). The first-order valence-corrected chi connectivity index (χ1v) is 5.33. The first-order valence-electron chi connectivity index (χ1n) is 5.33. The minimum absolute atomic E-state index is 0.301. The number of rotatable bonds is 3. The Morgan fingerprint density at radius 3 is 2.50 bits per heavy atom. The summed E-state index contributed by atoms with van der Waals surface area (Å²) in [5.41, 5.74) is 1.06. The fraction of sp³-hybridized carbons (Fsp3) is 0.250. The number of ether oxygens (including phenoxy) is 2. The molecule has 1 aliphatic heterocycles. The van der Waals surface area contributed by atoms with Gasteiger partial charge in [0, 0.05) is 0 Å². The topological polar surface area (TPSA) is 79.8 Å². The van der Waals surface area contributed by atoms with E-state index in [1.54, 1.807) is 38.5 Å². The maximum atomic E-state index is 11.4. The highest BCUT2D eigenvalue weighted by molar-refractivity contribution is 5.99. The zero-order valence-electron chi connectivity index (χ0n) is 10.1. The third-order valence-corrected chi connectivity index (χ3v) is 2.52. The van der Waals surface area contributed by atoms with Crippen LogP contribution in [0.25, 0.3) is 6.08 Å². The monoisotopic (exact) mass is 250 g/mol. The van der Waals surface area contributed by atoms with Crippen LogP contribution in [0.5, 0.6) is 11.5 Å². The lowest BCUT2D eigenvalue weighted by Gasteiger charge is -2.08. The molecule has 0 spiro atoms. The largest absolute Gasteiger partial charge is 0.493 e. The molecular weight excluding hydrogens is 236 g/mol. The first-order chi connectivity index (χ1) is 8.63. The Bertz CT molecular complexity index is 499. The molecule has 1 aliphatic rings. The smallest absolute Gasteiger partial charge is 0.270 e. The fourth-order valence-electron chi connectivity index (χ4n) is 1.67. The molecule has 3 N–H and O–H groups in total. The third-order valence-electron chi connectivity index (χ3n) is 2.52. The number of amides is 1. The van der Waals surface area contributed by atoms with Crippen molar-refractivity contribution in [2.45, 2.75) is 6.35 Å². The van der Waals surface area contributed by atoms with Crippen molar-refractivity contribution >= 4 is 12.0 Å². The Kier molecular flexibility index (Phi) is 3.38. The molecule has 1 heterocycles. The highest BCUT2D eigenvalue weighted by Crippen LogP contribution is 2.28. The molecule has 6 nitrogen and oxygen atoms in total. The van der Waals surface area contributed by atoms with E-state index in [0.29, 0.717) is 17.2 Å². The van der Waals surface area contributed by atoms with Crippen molar-refractivity contribution in [1.29, 1.82) is 0 Å². The second-order valence-corrected chi connectivity index (χ2v) is 3.69. The average molecular weight is 250 g/mol. The lowest BCUT2D eigenvalue weighted by atomic mass is 10.1. The first kappa shape index (κ1) is 12.3. The van der Waals surface area contributed by atoms with Crippen LogP contribution in [0, 0.1) is 0 Å². The number of nitrogens with one attached hydrogen (secondary N) is 2. The highest BCUT2D eigenvalue weighted by atomic mass is 16.5. The summed E-state index contributed by atoms with van der Waals surface area (Å²) in [6, 6.07) is 5.27. The SMILES string of the molecule is COc1ccc(/C=C2\NC(O)NC2=O)cc1OC. The van der Waals surface area contributed by atoms with Gasteiger partial charge in [0.2, 0.25) is 6.35 Å². The van der Waals surface area contributed by atoms with Gasteiger partial charge in [-0.15, -0.1) is 0 Å². The van der Waals surface area contributed by atoms with Gasteiger partial charge in [0.1, 0.15) is 5.70 Å². The van der Waals surface area contributed by atoms with Gasteiger partial charge in [-0.3, -0.25) is 4.79 Å². The van der Waals surface area contributed by atoms with Crippen LogP contribution in [-0.2, 0) is 4.79 Å². The van der Waals surface area contributed by atoms with Crippen LogP contribution in [-0.4, -0.2) is 31.6 Å². The molecular formula is C12H14N2O4. The quantitative estimate of drug-likeness (QED) is 0.660. The molecule has 1 aromatic rings. The fourth-order valence-corrected chi connectivity index (χ4v) is 1.67. The van der Waals surface area contributed by atoms with Crippen molar-refractivity contribution in [2.24, 2.45) is 0 Å². The van der Waals surface area contributed by atoms with Crippen LogP contribution >= 0.6 is 0 Å². The van der Waals surface area contributed by atoms with E-state index in [0.717, 1.165) is 5.56 Å². The molecule has 1 saturated heterocycles. The van der Waals surface area contributed by atoms with Crippen LogP contribution in [0.3, 0.4) is 0 Å². The Hall–Kier alpha value is -2.21. The summed E-state index contributed by atoms with van der Waals surface area (Å²) in [4.78, 5) is 11.4. The van der Waals surface area contributed by atoms with Gasteiger partial charge in [-0.05, 0) is 23.8 Å². The van der Waals surface area contributed by atoms with Crippen molar-refractivity contribution < 1.29 is 19.4 Å². The Morgan fingerprint density at radius 1 is 1.22 bits per heavy atom. The number of hydrogen-bond donors (Lipinski definition) is 3. The summed E-state index contributed by atoms with van der Waals surface area (Å²) >= 11 is 0. The number of benzene rings is 1. The van der Waals surface area contributed by atoms with E-state index in [4.69, 9.17) is 9.47 Å². The van der Waals surface area contributed by atoms with Gasteiger partial charge in [0.15, 0.2) is 11.5 Å². The maximum Gasteiger partial charge on any atom is 0.270 e. The molecule has 1 fully saturated rings. The van der Waals surface area contributed by atoms with Gasteiger partial charge in [-0.2, -0.15) is 0 Å². The van der Waals surface area contributed by atoms with Crippen molar-refractivity contribution in [3.05, 3.63) is 29.5 Å². The van der Waals surface area contributed by atoms with Crippen molar-refractivity contribution in [1.82, 2.24) is 10.6 Å². The molecule has 1 unspecified atom stereocenters. The maximum absolute atomic E-state index is 11.4. The van der Waals surface area contributed by atoms with E-state index >= 15 is 0 Å². The minimum Gasteiger partial charge on any atom is -0.493 e. The number of hydrogen-bond acceptors (Lipinski definition) is 5. The summed E-state index contributed by atoms with van der Waals surface area (Å²) < 4.78 is 10.3. The molecule has 1 aromatic carbocycles. The Labute approximate surface area is 104 Å². The minimum atomic E-state index is -1.04. The molecule has 96 valence electrons. The predicted octanol–water partition coefficient (Wildman–Crippen LogP) is 0.0400. The van der Waals surface area contributed by atoms with Gasteiger partial charge in [-0.1, -0.05) is 6.07 Å². The molecule has 6 heteroatoms. The van der Waals surface area contributed by atoms with E-state index < -0.39 is 6.35 Å². The summed E-state index contributed by atoms with van der Waals surface area (Å²) in [7, 11) is 3.09. The van der Waals surface area contributed by atoms with Crippen LogP contribution < -0.4 is 20.1 Å². The van der Waals surface area contributed by atoms with E-state index in [9.17, 15) is 9.90 Å². The Morgan fingerprint density at radius 2 is 1.94 bits per heavy atom. The molecule has 0 aliphatic carbocycles. The molecule has 18 heavy (non-hydrogen) atoms. The molecule has 0 saturated carbocycles. The van der Waals surface area contributed by atoms with Crippen LogP contribution in [0.1, 0.15) is 5.56 Å². The van der Waals surface area contributed by atoms with Gasteiger partial charge in [0.05, 0.1) is 14.2 Å². The lowest BCUT2D eigenvalue weighted by Crippen LogP contribution is -2.30. The van der Waals surface area contributed by atoms with Crippen LogP contribution in [0.2, 0.25) is 0 Å². The summed E-state index contributed by atoms with van der Waals surface area (Å²) in [5, 5.41) is 14.1. The van der Waals surface area contributed by atoms with Crippen molar-refractivity contribution in [3.8, 4) is 11.5 Å². The molecule has 0 aromatic heterocycles. The van der Waals surface area contributed by atoms with E-state index in [1.165, 1.54) is 0 Å². The average Bonchev–Trinajstić information content (AvgIpc) is 2.67. The number of aliphatic hydroxyl groups excluding tert-OH is 1. The number of aliphatic hydroxyl groups is 1. The highest BCUT2D eigenvalue weighted by Gasteiger charge is 2.22. The van der Waals surface area contributed by atoms with Crippen LogP contribution in [0.15, 0.2) is 23.9 Å². The summed E-state index contributed by atoms with van der Waals surface area (Å²) in [6.45, 7) is 0. The van der Waals surface area contributed by atoms with E-state index in [-0.39, 0.29) is 5.91 Å². The predicted molar refractivity (Wildman–Crippen MR) is 64.8 cm³/mol. The summed E-state index contributed by atoms with van der Waals surface area (Å²) in [6.07, 6.45) is 0.581. The number of carbonyl (C=O) groups is 1. The zero-order chi connectivity index (χ0) is 13.1. The van der Waals surface area contributed by atoms with E-state index in [2.05, 4.69) is 10.6 Å². The number of methoxy groups -OCH3 is 2. The Balaban J connectivity index is 2.29. The second kappa shape index (κ2) is 4.97. The molecule has 0 bridgehead atoms. The normalized spacial score (nSPS) is 20.5. The molecule has 1 atom stereocenters. The van der Waals surface area contributed by atoms with E-state index in [1.807, 2.05) is 0 Å². The van der Waals surface area contributed by atoms with Crippen molar-refractivity contribution in [3.63, 3.8) is 0 Å². The molecule has 1 amide bonds. The van der Waals surface area contributed by atoms with Gasteiger partial charge < -0.3 is 25.2 Å². The molecule has 0 radical (unpaired) electrons. The lowest BCUT2D eigenvalue weighted by molar-refractivity contribution is -0.117. The summed E-state index contributed by atoms with van der Waals surface area (Å²) in [5.74, 6) is 0.839. The second-order valence-electron chi connectivity index (χ2n) is 3.69. The van der Waals surface area contributed by atoms with Gasteiger partial charge >= 0.3 is 0 Å². The third kappa shape index (κ3) is 2.38. The van der Waals surface area contributed by atoms with Gasteiger partial charge in [-0.25, -0.2) is 0 Å². The standard InChI is InChI=1S/C12H14N2O4/c1-17-9-4-3-7(6-10(9)18-2)5-8-11(15)14-12(16)13-8/h3-6,12-13,16H,1-2H3,(H,14,15)/b8-5-.